The van der Waals surface area contributed by atoms with Gasteiger partial charge in [-0.1, -0.05) is 34.1 Å². The van der Waals surface area contributed by atoms with Gasteiger partial charge in [0.2, 0.25) is 0 Å². The van der Waals surface area contributed by atoms with Crippen LogP contribution in [-0.4, -0.2) is 63.6 Å². The van der Waals surface area contributed by atoms with Gasteiger partial charge in [-0.2, -0.15) is 5.10 Å². The van der Waals surface area contributed by atoms with E-state index < -0.39 is 0 Å². The van der Waals surface area contributed by atoms with E-state index in [9.17, 15) is 0 Å². The summed E-state index contributed by atoms with van der Waals surface area (Å²) in [5.41, 5.74) is 2.83. The maximum atomic E-state index is 8.95. The minimum Gasteiger partial charge on any atom is -0.395 e. The summed E-state index contributed by atoms with van der Waals surface area (Å²) in [6, 6.07) is 10.1. The van der Waals surface area contributed by atoms with Crippen LogP contribution in [0.1, 0.15) is 11.5 Å². The van der Waals surface area contributed by atoms with E-state index in [0.717, 1.165) is 22.2 Å². The van der Waals surface area contributed by atoms with Crippen LogP contribution in [0.3, 0.4) is 0 Å². The number of aliphatic imine (C=N–C) groups is 1. The molecule has 2 aliphatic rings. The van der Waals surface area contributed by atoms with Crippen molar-refractivity contribution >= 4 is 44.6 Å². The first-order valence-electron chi connectivity index (χ1n) is 8.47. The van der Waals surface area contributed by atoms with Gasteiger partial charge in [-0.25, -0.2) is 5.01 Å². The molecule has 0 saturated carbocycles. The van der Waals surface area contributed by atoms with Gasteiger partial charge in [-0.15, -0.1) is 0 Å². The number of aliphatic hydroxyl groups is 1. The second-order valence-electron chi connectivity index (χ2n) is 6.28. The Labute approximate surface area is 159 Å². The van der Waals surface area contributed by atoms with Gasteiger partial charge < -0.3 is 10.4 Å². The predicted octanol–water partition coefficient (Wildman–Crippen LogP) is 1.72. The van der Waals surface area contributed by atoms with Crippen LogP contribution in [-0.2, 0) is 0 Å². The number of aliphatic hydroxyl groups excluding tert-OH is 1. The summed E-state index contributed by atoms with van der Waals surface area (Å²) < 4.78 is 0. The van der Waals surface area contributed by atoms with Gasteiger partial charge in [-0.05, 0) is 17.7 Å². The molecule has 0 bridgehead atoms. The first kappa shape index (κ1) is 17.3. The molecule has 0 radical (unpaired) electrons. The number of aromatic nitrogens is 1. The van der Waals surface area contributed by atoms with E-state index in [0.29, 0.717) is 18.9 Å². The van der Waals surface area contributed by atoms with Crippen LogP contribution in [0.4, 0.5) is 0 Å². The summed E-state index contributed by atoms with van der Waals surface area (Å²) in [7, 11) is 0. The van der Waals surface area contributed by atoms with Crippen molar-refractivity contribution in [3.8, 4) is 0 Å². The molecule has 3 heterocycles. The Morgan fingerprint density at radius 1 is 1.31 bits per heavy atom. The zero-order valence-electron chi connectivity index (χ0n) is 14.0. The van der Waals surface area contributed by atoms with Crippen molar-refractivity contribution in [1.82, 2.24) is 15.3 Å². The Hall–Kier alpha value is -2.16. The molecule has 26 heavy (non-hydrogen) atoms. The molecule has 1 aromatic heterocycles. The summed E-state index contributed by atoms with van der Waals surface area (Å²) in [6.07, 6.45) is 3.44. The molecular weight excluding hydrogens is 396 g/mol. The van der Waals surface area contributed by atoms with Crippen molar-refractivity contribution in [3.63, 3.8) is 0 Å². The Balaban J connectivity index is 1.65. The minimum atomic E-state index is -0.282. The molecule has 3 unspecified atom stereocenters. The van der Waals surface area contributed by atoms with Crippen molar-refractivity contribution in [1.29, 1.82) is 5.41 Å². The molecule has 2 aliphatic heterocycles. The Bertz CT molecular complexity index is 898. The first-order chi connectivity index (χ1) is 12.7. The smallest absolute Gasteiger partial charge is 0.155 e. The van der Waals surface area contributed by atoms with Gasteiger partial charge in [0, 0.05) is 30.9 Å². The molecule has 1 aromatic carbocycles. The topological polar surface area (TPSA) is 97.0 Å². The fourth-order valence-electron chi connectivity index (χ4n) is 3.25. The molecule has 0 aliphatic carbocycles. The Morgan fingerprint density at radius 3 is 3.00 bits per heavy atom. The molecule has 3 atom stereocenters. The lowest BCUT2D eigenvalue weighted by Gasteiger charge is -2.33. The Kier molecular flexibility index (Phi) is 4.80. The third-order valence-electron chi connectivity index (χ3n) is 4.59. The molecule has 3 N–H and O–H groups in total. The molecule has 8 heteroatoms. The number of hydrogen-bond acceptors (Lipinski definition) is 6. The molecule has 4 rings (SSSR count). The van der Waals surface area contributed by atoms with Gasteiger partial charge in [0.25, 0.3) is 0 Å². The predicted molar refractivity (Wildman–Crippen MR) is 106 cm³/mol. The normalized spacial score (nSPS) is 24.8. The summed E-state index contributed by atoms with van der Waals surface area (Å²) in [5, 5.41) is 27.6. The molecule has 0 amide bonds. The van der Waals surface area contributed by atoms with Gasteiger partial charge in [0.05, 0.1) is 23.8 Å². The minimum absolute atomic E-state index is 0.0553. The lowest BCUT2D eigenvalue weighted by atomic mass is 9.96. The van der Waals surface area contributed by atoms with E-state index in [1.807, 2.05) is 36.7 Å². The fourth-order valence-corrected chi connectivity index (χ4v) is 3.74. The number of amidine groups is 1. The van der Waals surface area contributed by atoms with Gasteiger partial charge in [0.15, 0.2) is 6.17 Å². The van der Waals surface area contributed by atoms with Gasteiger partial charge in [0.1, 0.15) is 10.7 Å². The summed E-state index contributed by atoms with van der Waals surface area (Å²) in [4.78, 5) is 9.11. The summed E-state index contributed by atoms with van der Waals surface area (Å²) in [5.74, 6) is 0.318. The number of pyridine rings is 1. The summed E-state index contributed by atoms with van der Waals surface area (Å²) in [6.45, 7) is 1.09. The van der Waals surface area contributed by atoms with E-state index in [1.54, 1.807) is 5.01 Å². The highest BCUT2D eigenvalue weighted by atomic mass is 79.9. The highest BCUT2D eigenvalue weighted by molar-refractivity contribution is 9.10. The molecule has 0 spiro atoms. The van der Waals surface area contributed by atoms with Crippen LogP contribution in [0.2, 0.25) is 0 Å². The van der Waals surface area contributed by atoms with Crippen LogP contribution >= 0.6 is 15.9 Å². The number of para-hydroxylation sites is 1. The molecule has 134 valence electrons. The van der Waals surface area contributed by atoms with Crippen LogP contribution in [0.5, 0.6) is 0 Å². The van der Waals surface area contributed by atoms with Crippen LogP contribution in [0, 0.1) is 5.41 Å². The second kappa shape index (κ2) is 7.22. The largest absolute Gasteiger partial charge is 0.395 e. The number of benzene rings is 1. The van der Waals surface area contributed by atoms with Crippen molar-refractivity contribution in [2.24, 2.45) is 10.1 Å². The van der Waals surface area contributed by atoms with Gasteiger partial charge in [-0.3, -0.25) is 15.4 Å². The maximum Gasteiger partial charge on any atom is 0.155 e. The van der Waals surface area contributed by atoms with Crippen LogP contribution < -0.4 is 5.32 Å². The van der Waals surface area contributed by atoms with Crippen LogP contribution in [0.25, 0.3) is 10.9 Å². The van der Waals surface area contributed by atoms with Gasteiger partial charge >= 0.3 is 0 Å². The van der Waals surface area contributed by atoms with Crippen molar-refractivity contribution in [2.75, 3.05) is 19.7 Å². The number of nitrogens with zero attached hydrogens (tertiary/aromatic N) is 4. The Morgan fingerprint density at radius 2 is 2.15 bits per heavy atom. The lowest BCUT2D eigenvalue weighted by Crippen LogP contribution is -2.49. The zero-order chi connectivity index (χ0) is 18.1. The van der Waals surface area contributed by atoms with E-state index >= 15 is 0 Å². The third kappa shape index (κ3) is 3.04. The van der Waals surface area contributed by atoms with Crippen molar-refractivity contribution in [3.05, 3.63) is 42.1 Å². The number of fused-ring (bicyclic) bond motifs is 2. The number of halogens is 1. The maximum absolute atomic E-state index is 8.95. The summed E-state index contributed by atoms with van der Waals surface area (Å²) >= 11 is 3.53. The SMILES string of the molecule is N=C1C(Br)C(CNCCO)=NC2C(c3cnc4ccccc4c3)C=NN12. The molecule has 0 fully saturated rings. The highest BCUT2D eigenvalue weighted by Gasteiger charge is 2.41. The average Bonchev–Trinajstić information content (AvgIpc) is 3.09. The number of rotatable bonds is 5. The average molecular weight is 415 g/mol. The number of hydrazone groups is 1. The van der Waals surface area contributed by atoms with Crippen molar-refractivity contribution < 1.29 is 5.11 Å². The zero-order valence-corrected chi connectivity index (χ0v) is 15.6. The van der Waals surface area contributed by atoms with Crippen molar-refractivity contribution in [2.45, 2.75) is 16.9 Å². The number of hydrogen-bond donors (Lipinski definition) is 3. The standard InChI is InChI=1S/C18H19BrN6O/c19-16-15(10-21-5-6-26)24-18-13(9-23-25(18)17(16)20)12-7-11-3-1-2-4-14(11)22-8-12/h1-4,7-9,13,16,18,20-21,26H,5-6,10H2. The quantitative estimate of drug-likeness (QED) is 0.512. The van der Waals surface area contributed by atoms with E-state index in [4.69, 9.17) is 15.5 Å². The van der Waals surface area contributed by atoms with Crippen LogP contribution in [0.15, 0.2) is 46.6 Å². The number of alkyl halides is 1. The second-order valence-corrected chi connectivity index (χ2v) is 7.19. The molecule has 7 nitrogen and oxygen atoms in total. The highest BCUT2D eigenvalue weighted by Crippen LogP contribution is 2.33. The number of nitrogens with one attached hydrogen (secondary N) is 2. The fraction of sp³-hybridized carbons (Fsp3) is 0.333. The molecule has 2 aromatic rings. The molecule has 0 saturated heterocycles. The first-order valence-corrected chi connectivity index (χ1v) is 9.39. The third-order valence-corrected chi connectivity index (χ3v) is 5.55. The van der Waals surface area contributed by atoms with E-state index in [1.165, 1.54) is 0 Å². The van der Waals surface area contributed by atoms with E-state index in [-0.39, 0.29) is 23.5 Å². The van der Waals surface area contributed by atoms with E-state index in [2.05, 4.69) is 37.4 Å². The monoisotopic (exact) mass is 414 g/mol. The lowest BCUT2D eigenvalue weighted by molar-refractivity contribution is 0.294. The molecular formula is C18H19BrN6O.